The molecular formula is C23H26IOP. The van der Waals surface area contributed by atoms with Gasteiger partial charge in [-0.25, -0.2) is 0 Å². The largest absolute Gasteiger partial charge is 1.00 e. The number of aliphatic hydroxyl groups is 1. The van der Waals surface area contributed by atoms with Crippen molar-refractivity contribution in [3.05, 3.63) is 91.0 Å². The van der Waals surface area contributed by atoms with Crippen molar-refractivity contribution in [2.24, 2.45) is 0 Å². The van der Waals surface area contributed by atoms with Crippen LogP contribution in [-0.2, 0) is 0 Å². The van der Waals surface area contributed by atoms with Crippen molar-refractivity contribution in [1.29, 1.82) is 0 Å². The number of hydrogen-bond donors (Lipinski definition) is 1. The van der Waals surface area contributed by atoms with Gasteiger partial charge in [-0.15, -0.1) is 0 Å². The number of halogens is 1. The molecule has 0 fully saturated rings. The van der Waals surface area contributed by atoms with Crippen LogP contribution in [-0.4, -0.2) is 16.9 Å². The van der Waals surface area contributed by atoms with E-state index in [1.165, 1.54) is 15.9 Å². The lowest BCUT2D eigenvalue weighted by Gasteiger charge is -2.30. The third kappa shape index (κ3) is 4.73. The Morgan fingerprint density at radius 3 is 1.23 bits per heavy atom. The summed E-state index contributed by atoms with van der Waals surface area (Å²) in [4.78, 5) is 0. The molecule has 26 heavy (non-hydrogen) atoms. The Morgan fingerprint density at radius 1 is 0.654 bits per heavy atom. The minimum Gasteiger partial charge on any atom is -1.00 e. The molecule has 0 saturated heterocycles. The fraction of sp³-hybridized carbons (Fsp3) is 0.217. The van der Waals surface area contributed by atoms with Gasteiger partial charge in [0.05, 0.1) is 11.8 Å². The molecule has 0 amide bonds. The minimum atomic E-state index is -1.81. The number of benzene rings is 3. The second-order valence-electron chi connectivity index (χ2n) is 7.10. The molecule has 0 atom stereocenters. The highest BCUT2D eigenvalue weighted by atomic mass is 127. The predicted octanol–water partition coefficient (Wildman–Crippen LogP) is 1.15. The van der Waals surface area contributed by atoms with Crippen LogP contribution in [0.15, 0.2) is 91.0 Å². The third-order valence-corrected chi connectivity index (χ3v) is 9.08. The van der Waals surface area contributed by atoms with Crippen LogP contribution < -0.4 is 39.9 Å². The fourth-order valence-corrected chi connectivity index (χ4v) is 7.92. The normalized spacial score (nSPS) is 11.7. The highest BCUT2D eigenvalue weighted by Gasteiger charge is 2.45. The van der Waals surface area contributed by atoms with Gasteiger partial charge in [0.15, 0.2) is 0 Å². The van der Waals surface area contributed by atoms with Gasteiger partial charge in [-0.05, 0) is 50.2 Å². The van der Waals surface area contributed by atoms with Crippen LogP contribution in [0.4, 0.5) is 0 Å². The van der Waals surface area contributed by atoms with Gasteiger partial charge < -0.3 is 29.1 Å². The molecule has 0 aliphatic carbocycles. The Bertz CT molecular complexity index is 686. The molecule has 0 saturated carbocycles. The summed E-state index contributed by atoms with van der Waals surface area (Å²) in [5.74, 6) is 0. The van der Waals surface area contributed by atoms with Gasteiger partial charge >= 0.3 is 0 Å². The van der Waals surface area contributed by atoms with Crippen LogP contribution >= 0.6 is 7.26 Å². The van der Waals surface area contributed by atoms with Gasteiger partial charge in [0, 0.05) is 6.42 Å². The highest BCUT2D eigenvalue weighted by molar-refractivity contribution is 7.95. The molecule has 0 aromatic heterocycles. The van der Waals surface area contributed by atoms with E-state index in [-0.39, 0.29) is 24.0 Å². The van der Waals surface area contributed by atoms with Gasteiger partial charge in [-0.3, -0.25) is 0 Å². The molecular weight excluding hydrogens is 450 g/mol. The summed E-state index contributed by atoms with van der Waals surface area (Å²) in [6, 6.07) is 32.5. The van der Waals surface area contributed by atoms with Crippen molar-refractivity contribution < 1.29 is 29.1 Å². The lowest BCUT2D eigenvalue weighted by atomic mass is 10.1. The average molecular weight is 476 g/mol. The molecule has 0 bridgehead atoms. The molecule has 0 aliphatic rings. The maximum atomic E-state index is 10.4. The van der Waals surface area contributed by atoms with E-state index in [2.05, 4.69) is 91.0 Å². The lowest BCUT2D eigenvalue weighted by Crippen LogP contribution is -3.00. The van der Waals surface area contributed by atoms with E-state index < -0.39 is 12.9 Å². The summed E-state index contributed by atoms with van der Waals surface area (Å²) in [6.45, 7) is 3.81. The average Bonchev–Trinajstić information content (AvgIpc) is 2.64. The van der Waals surface area contributed by atoms with Gasteiger partial charge in [0.25, 0.3) is 0 Å². The van der Waals surface area contributed by atoms with E-state index in [1.54, 1.807) is 0 Å². The zero-order chi connectivity index (χ0) is 17.8. The summed E-state index contributed by atoms with van der Waals surface area (Å²) in [7, 11) is -1.81. The second kappa shape index (κ2) is 9.12. The molecule has 3 heteroatoms. The van der Waals surface area contributed by atoms with Crippen LogP contribution in [0.1, 0.15) is 20.3 Å². The molecule has 3 aromatic rings. The fourth-order valence-electron chi connectivity index (χ4n) is 3.32. The Morgan fingerprint density at radius 2 is 0.962 bits per heavy atom. The SMILES string of the molecule is CC(C)(O)CC[P+](c1ccccc1)(c1ccccc1)c1ccccc1.[I-]. The minimum absolute atomic E-state index is 0. The molecule has 3 aromatic carbocycles. The van der Waals surface area contributed by atoms with Crippen molar-refractivity contribution in [1.82, 2.24) is 0 Å². The standard InChI is InChI=1S/C23H26OP.HI/c1-23(2,24)18-19-25(20-12-6-3-7-13-20,21-14-8-4-9-15-21)22-16-10-5-11-17-22;/h3-17,24H,18-19H2,1-2H3;1H/q+1;/p-1. The second-order valence-corrected chi connectivity index (χ2v) is 10.7. The molecule has 3 rings (SSSR count). The quantitative estimate of drug-likeness (QED) is 0.418. The maximum absolute atomic E-state index is 10.4. The Labute approximate surface area is 174 Å². The maximum Gasteiger partial charge on any atom is 0.112 e. The van der Waals surface area contributed by atoms with Gasteiger partial charge in [-0.1, -0.05) is 54.6 Å². The van der Waals surface area contributed by atoms with Crippen LogP contribution in [0, 0.1) is 0 Å². The molecule has 0 radical (unpaired) electrons. The van der Waals surface area contributed by atoms with E-state index in [1.807, 2.05) is 13.8 Å². The Hall–Kier alpha value is -1.22. The number of rotatable bonds is 6. The molecule has 1 nitrogen and oxygen atoms in total. The van der Waals surface area contributed by atoms with Gasteiger partial charge in [0.1, 0.15) is 23.2 Å². The van der Waals surface area contributed by atoms with Crippen molar-refractivity contribution in [3.63, 3.8) is 0 Å². The van der Waals surface area contributed by atoms with Crippen LogP contribution in [0.3, 0.4) is 0 Å². The first-order chi connectivity index (χ1) is 12.0. The third-order valence-electron chi connectivity index (χ3n) is 4.65. The Kier molecular flexibility index (Phi) is 7.40. The molecule has 0 heterocycles. The first-order valence-electron chi connectivity index (χ1n) is 8.80. The molecule has 136 valence electrons. The van der Waals surface area contributed by atoms with E-state index in [4.69, 9.17) is 0 Å². The molecule has 1 N–H and O–H groups in total. The van der Waals surface area contributed by atoms with Crippen molar-refractivity contribution >= 4 is 23.2 Å². The zero-order valence-corrected chi connectivity index (χ0v) is 18.4. The van der Waals surface area contributed by atoms with Crippen molar-refractivity contribution in [2.45, 2.75) is 25.9 Å². The van der Waals surface area contributed by atoms with Crippen LogP contribution in [0.5, 0.6) is 0 Å². The molecule has 0 aliphatic heterocycles. The van der Waals surface area contributed by atoms with Gasteiger partial charge in [-0.2, -0.15) is 0 Å². The number of hydrogen-bond acceptors (Lipinski definition) is 1. The molecule has 0 unspecified atom stereocenters. The summed E-state index contributed by atoms with van der Waals surface area (Å²) in [5, 5.41) is 14.6. The first kappa shape index (κ1) is 21.1. The predicted molar refractivity (Wildman–Crippen MR) is 111 cm³/mol. The van der Waals surface area contributed by atoms with E-state index in [0.717, 1.165) is 12.6 Å². The smallest absolute Gasteiger partial charge is 0.112 e. The van der Waals surface area contributed by atoms with Crippen molar-refractivity contribution in [2.75, 3.05) is 6.16 Å². The summed E-state index contributed by atoms with van der Waals surface area (Å²) in [5.41, 5.74) is -0.677. The van der Waals surface area contributed by atoms with E-state index >= 15 is 0 Å². The van der Waals surface area contributed by atoms with Gasteiger partial charge in [0.2, 0.25) is 0 Å². The summed E-state index contributed by atoms with van der Waals surface area (Å²) in [6.07, 6.45) is 1.72. The van der Waals surface area contributed by atoms with Crippen LogP contribution in [0.2, 0.25) is 0 Å². The summed E-state index contributed by atoms with van der Waals surface area (Å²) >= 11 is 0. The van der Waals surface area contributed by atoms with E-state index in [9.17, 15) is 5.11 Å². The first-order valence-corrected chi connectivity index (χ1v) is 10.8. The monoisotopic (exact) mass is 476 g/mol. The Balaban J connectivity index is 0.00000243. The van der Waals surface area contributed by atoms with E-state index in [0.29, 0.717) is 0 Å². The van der Waals surface area contributed by atoms with Crippen LogP contribution in [0.25, 0.3) is 0 Å². The highest BCUT2D eigenvalue weighted by Crippen LogP contribution is 2.56. The summed E-state index contributed by atoms with van der Waals surface area (Å²) < 4.78 is 0. The molecule has 0 spiro atoms. The lowest BCUT2D eigenvalue weighted by molar-refractivity contribution is -0.0000130. The topological polar surface area (TPSA) is 20.2 Å². The zero-order valence-electron chi connectivity index (χ0n) is 15.3. The van der Waals surface area contributed by atoms with Crippen molar-refractivity contribution in [3.8, 4) is 0 Å².